The monoisotopic (exact) mass is 295 g/mol. The number of nitrogens with zero attached hydrogens (tertiary/aromatic N) is 1. The first-order valence-electron chi connectivity index (χ1n) is 6.58. The molecule has 0 aromatic heterocycles. The van der Waals surface area contributed by atoms with E-state index in [1.165, 1.54) is 6.08 Å². The number of aliphatic carboxylic acids is 1. The third-order valence-corrected chi connectivity index (χ3v) is 3.81. The normalized spacial score (nSPS) is 16.8. The molecule has 1 fully saturated rings. The molecule has 0 bridgehead atoms. The number of carbonyl (C=O) groups is 1. The van der Waals surface area contributed by atoms with Crippen LogP contribution in [0, 0.1) is 0 Å². The molecule has 1 heterocycles. The second kappa shape index (κ2) is 6.77. The molecule has 1 aliphatic heterocycles. The molecule has 0 aliphatic carbocycles. The Balaban J connectivity index is 2.08. The molecule has 1 aliphatic rings. The van der Waals surface area contributed by atoms with Crippen molar-refractivity contribution < 1.29 is 14.6 Å². The van der Waals surface area contributed by atoms with Crippen molar-refractivity contribution in [3.63, 3.8) is 0 Å². The van der Waals surface area contributed by atoms with Gasteiger partial charge < -0.3 is 14.7 Å². The lowest BCUT2D eigenvalue weighted by molar-refractivity contribution is -0.131. The Bertz CT molecular complexity index is 508. The Morgan fingerprint density at radius 3 is 2.70 bits per heavy atom. The third-order valence-electron chi connectivity index (χ3n) is 3.51. The predicted octanol–water partition coefficient (Wildman–Crippen LogP) is 3.05. The van der Waals surface area contributed by atoms with Crippen molar-refractivity contribution in [2.24, 2.45) is 0 Å². The second-order valence-electron chi connectivity index (χ2n) is 4.80. The highest BCUT2D eigenvalue weighted by Crippen LogP contribution is 2.30. The number of halogens is 1. The molecule has 0 radical (unpaired) electrons. The second-order valence-corrected chi connectivity index (χ2v) is 5.21. The lowest BCUT2D eigenvalue weighted by Gasteiger charge is -2.33. The molecule has 2 rings (SSSR count). The smallest absolute Gasteiger partial charge is 0.328 e. The number of carboxylic acid groups (broad SMARTS) is 1. The summed E-state index contributed by atoms with van der Waals surface area (Å²) in [7, 11) is 1.75. The maximum absolute atomic E-state index is 10.5. The van der Waals surface area contributed by atoms with E-state index in [0.29, 0.717) is 11.1 Å². The first-order valence-corrected chi connectivity index (χ1v) is 6.96. The summed E-state index contributed by atoms with van der Waals surface area (Å²) in [5.41, 5.74) is 1.78. The largest absolute Gasteiger partial charge is 0.478 e. The molecule has 0 saturated carbocycles. The van der Waals surface area contributed by atoms with Crippen LogP contribution in [0.25, 0.3) is 6.08 Å². The van der Waals surface area contributed by atoms with Gasteiger partial charge in [-0.2, -0.15) is 0 Å². The number of carboxylic acids is 1. The molecule has 5 heteroatoms. The van der Waals surface area contributed by atoms with E-state index in [1.807, 2.05) is 12.1 Å². The van der Waals surface area contributed by atoms with Crippen molar-refractivity contribution >= 4 is 29.3 Å². The molecular formula is C15H18ClNO3. The number of ether oxygens (including phenoxy) is 1. The number of piperidine rings is 1. The van der Waals surface area contributed by atoms with Crippen LogP contribution in [0.2, 0.25) is 5.02 Å². The minimum absolute atomic E-state index is 0.336. The van der Waals surface area contributed by atoms with Gasteiger partial charge in [0, 0.05) is 26.3 Å². The van der Waals surface area contributed by atoms with Crippen molar-refractivity contribution in [2.75, 3.05) is 25.1 Å². The summed E-state index contributed by atoms with van der Waals surface area (Å²) in [6.07, 6.45) is 4.97. The van der Waals surface area contributed by atoms with Crippen LogP contribution in [0.3, 0.4) is 0 Å². The zero-order valence-corrected chi connectivity index (χ0v) is 12.1. The van der Waals surface area contributed by atoms with Crippen LogP contribution in [0.5, 0.6) is 0 Å². The molecule has 4 nitrogen and oxygen atoms in total. The molecule has 1 N–H and O–H groups in total. The highest BCUT2D eigenvalue weighted by atomic mass is 35.5. The van der Waals surface area contributed by atoms with E-state index in [2.05, 4.69) is 4.90 Å². The first-order chi connectivity index (χ1) is 9.60. The molecular weight excluding hydrogens is 278 g/mol. The van der Waals surface area contributed by atoms with Crippen LogP contribution in [-0.2, 0) is 9.53 Å². The van der Waals surface area contributed by atoms with Crippen molar-refractivity contribution in [3.05, 3.63) is 34.9 Å². The minimum atomic E-state index is -0.966. The van der Waals surface area contributed by atoms with Gasteiger partial charge in [-0.3, -0.25) is 0 Å². The van der Waals surface area contributed by atoms with E-state index in [4.69, 9.17) is 21.4 Å². The average molecular weight is 296 g/mol. The zero-order chi connectivity index (χ0) is 14.5. The van der Waals surface area contributed by atoms with Gasteiger partial charge in [0.05, 0.1) is 16.8 Å². The van der Waals surface area contributed by atoms with Crippen LogP contribution >= 0.6 is 11.6 Å². The fourth-order valence-corrected chi connectivity index (χ4v) is 2.69. The topological polar surface area (TPSA) is 49.8 Å². The number of hydrogen-bond acceptors (Lipinski definition) is 3. The van der Waals surface area contributed by atoms with E-state index in [-0.39, 0.29) is 0 Å². The highest BCUT2D eigenvalue weighted by molar-refractivity contribution is 6.33. The van der Waals surface area contributed by atoms with Crippen LogP contribution in [0.4, 0.5) is 5.69 Å². The Morgan fingerprint density at radius 2 is 2.15 bits per heavy atom. The summed E-state index contributed by atoms with van der Waals surface area (Å²) in [6.45, 7) is 1.84. The standard InChI is InChI=1S/C15H18ClNO3/c1-20-12-6-8-17(9-7-12)14-4-2-11(10-13(14)16)3-5-15(18)19/h2-5,10,12H,6-9H2,1H3,(H,18,19)/b5-3+. The van der Waals surface area contributed by atoms with Gasteiger partial charge in [0.25, 0.3) is 0 Å². The highest BCUT2D eigenvalue weighted by Gasteiger charge is 2.20. The van der Waals surface area contributed by atoms with Gasteiger partial charge >= 0.3 is 5.97 Å². The van der Waals surface area contributed by atoms with Crippen LogP contribution in [-0.4, -0.2) is 37.4 Å². The SMILES string of the molecule is COC1CCN(c2ccc(/C=C/C(=O)O)cc2Cl)CC1. The van der Waals surface area contributed by atoms with E-state index >= 15 is 0 Å². The number of benzene rings is 1. The predicted molar refractivity (Wildman–Crippen MR) is 80.4 cm³/mol. The van der Waals surface area contributed by atoms with E-state index in [1.54, 1.807) is 13.2 Å². The minimum Gasteiger partial charge on any atom is -0.478 e. The first kappa shape index (κ1) is 14.9. The van der Waals surface area contributed by atoms with Gasteiger partial charge in [-0.15, -0.1) is 0 Å². The Labute approximate surface area is 123 Å². The van der Waals surface area contributed by atoms with Crippen molar-refractivity contribution in [1.82, 2.24) is 0 Å². The summed E-state index contributed by atoms with van der Waals surface area (Å²) in [5, 5.41) is 9.26. The molecule has 20 heavy (non-hydrogen) atoms. The van der Waals surface area contributed by atoms with Crippen molar-refractivity contribution in [1.29, 1.82) is 0 Å². The van der Waals surface area contributed by atoms with Gasteiger partial charge in [-0.1, -0.05) is 17.7 Å². The molecule has 0 atom stereocenters. The molecule has 1 saturated heterocycles. The molecule has 108 valence electrons. The zero-order valence-electron chi connectivity index (χ0n) is 11.4. The van der Waals surface area contributed by atoms with Crippen LogP contribution in [0.1, 0.15) is 18.4 Å². The molecule has 1 aromatic carbocycles. The summed E-state index contributed by atoms with van der Waals surface area (Å²) >= 11 is 6.29. The van der Waals surface area contributed by atoms with Gasteiger partial charge in [-0.05, 0) is 36.6 Å². The van der Waals surface area contributed by atoms with Crippen molar-refractivity contribution in [2.45, 2.75) is 18.9 Å². The van der Waals surface area contributed by atoms with Gasteiger partial charge in [0.15, 0.2) is 0 Å². The van der Waals surface area contributed by atoms with Gasteiger partial charge in [0.2, 0.25) is 0 Å². The quantitative estimate of drug-likeness (QED) is 0.868. The lowest BCUT2D eigenvalue weighted by Crippen LogP contribution is -2.36. The average Bonchev–Trinajstić information content (AvgIpc) is 2.45. The third kappa shape index (κ3) is 3.74. The fourth-order valence-electron chi connectivity index (χ4n) is 2.38. The number of rotatable bonds is 4. The van der Waals surface area contributed by atoms with Gasteiger partial charge in [-0.25, -0.2) is 4.79 Å². The van der Waals surface area contributed by atoms with E-state index < -0.39 is 5.97 Å². The van der Waals surface area contributed by atoms with Crippen molar-refractivity contribution in [3.8, 4) is 0 Å². The number of anilines is 1. The molecule has 0 unspecified atom stereocenters. The maximum atomic E-state index is 10.5. The molecule has 0 spiro atoms. The molecule has 0 amide bonds. The number of hydrogen-bond donors (Lipinski definition) is 1. The lowest BCUT2D eigenvalue weighted by atomic mass is 10.1. The summed E-state index contributed by atoms with van der Waals surface area (Å²) in [4.78, 5) is 12.7. The van der Waals surface area contributed by atoms with Crippen LogP contribution in [0.15, 0.2) is 24.3 Å². The summed E-state index contributed by atoms with van der Waals surface area (Å²) < 4.78 is 5.35. The van der Waals surface area contributed by atoms with E-state index in [9.17, 15) is 4.79 Å². The maximum Gasteiger partial charge on any atom is 0.328 e. The Morgan fingerprint density at radius 1 is 1.45 bits per heavy atom. The number of methoxy groups -OCH3 is 1. The Hall–Kier alpha value is -1.52. The Kier molecular flexibility index (Phi) is 5.04. The fraction of sp³-hybridized carbons (Fsp3) is 0.400. The van der Waals surface area contributed by atoms with Gasteiger partial charge in [0.1, 0.15) is 0 Å². The molecule has 1 aromatic rings. The van der Waals surface area contributed by atoms with E-state index in [0.717, 1.165) is 43.3 Å². The summed E-state index contributed by atoms with van der Waals surface area (Å²) in [6, 6.07) is 5.61. The van der Waals surface area contributed by atoms with Crippen LogP contribution < -0.4 is 4.90 Å². The summed E-state index contributed by atoms with van der Waals surface area (Å²) in [5.74, 6) is -0.966.